The molecule has 0 amide bonds. The number of halogens is 6. The molecule has 0 aliphatic carbocycles. The maximum Gasteiger partial charge on any atom is 2.00 e. The zero-order valence-corrected chi connectivity index (χ0v) is 11.2. The third-order valence-electron chi connectivity index (χ3n) is 0. The normalized spacial score (nSPS) is 20.2. The SMILES string of the molecule is Cl[Si-2](Cl)(Cl)(Cl)(Cl)Cl.[Ca+2]. The van der Waals surface area contributed by atoms with E-state index >= 15 is 0 Å². The summed E-state index contributed by atoms with van der Waals surface area (Å²) in [6.07, 6.45) is 0. The molecule has 0 aliphatic heterocycles. The molecule has 0 atom stereocenters. The minimum atomic E-state index is -5.01. The van der Waals surface area contributed by atoms with E-state index in [4.69, 9.17) is 66.5 Å². The van der Waals surface area contributed by atoms with Gasteiger partial charge in [-0.15, -0.1) is 0 Å². The molecule has 0 nitrogen and oxygen atoms in total. The first kappa shape index (κ1) is 13.8. The zero-order valence-electron chi connectivity index (χ0n) is 3.47. The second kappa shape index (κ2) is 2.62. The molecule has 0 aromatic rings. The quantitative estimate of drug-likeness (QED) is 0.471. The van der Waals surface area contributed by atoms with Crippen LogP contribution < -0.4 is 0 Å². The van der Waals surface area contributed by atoms with Crippen molar-refractivity contribution >= 4 is 107 Å². The molecule has 0 saturated carbocycles. The van der Waals surface area contributed by atoms with E-state index in [1.807, 2.05) is 0 Å². The van der Waals surface area contributed by atoms with Gasteiger partial charge in [0.15, 0.2) is 0 Å². The van der Waals surface area contributed by atoms with Crippen LogP contribution in [0, 0.1) is 0 Å². The van der Waals surface area contributed by atoms with E-state index in [1.165, 1.54) is 0 Å². The van der Waals surface area contributed by atoms with Gasteiger partial charge in [0, 0.05) is 0 Å². The Morgan fingerprint density at radius 1 is 0.625 bits per heavy atom. The molecule has 48 valence electrons. The van der Waals surface area contributed by atoms with Crippen LogP contribution >= 0.6 is 66.5 Å². The average Bonchev–Trinajstić information content (AvgIpc) is 0.592. The maximum atomic E-state index is 5.02. The van der Waals surface area contributed by atoms with Crippen molar-refractivity contribution < 1.29 is 0 Å². The fourth-order valence-corrected chi connectivity index (χ4v) is 0. The predicted molar refractivity (Wildman–Crippen MR) is 46.6 cm³/mol. The molecule has 0 aromatic heterocycles. The van der Waals surface area contributed by atoms with Gasteiger partial charge in [-0.25, -0.2) is 0 Å². The van der Waals surface area contributed by atoms with Crippen molar-refractivity contribution in [3.63, 3.8) is 0 Å². The van der Waals surface area contributed by atoms with Gasteiger partial charge in [0.05, 0.1) is 0 Å². The Bertz CT molecular complexity index is 67.1. The first-order chi connectivity index (χ1) is 2.45. The van der Waals surface area contributed by atoms with E-state index in [1.54, 1.807) is 0 Å². The molecule has 8 heavy (non-hydrogen) atoms. The Balaban J connectivity index is 0. The Labute approximate surface area is 105 Å². The van der Waals surface area contributed by atoms with Gasteiger partial charge in [-0.05, 0) is 0 Å². The van der Waals surface area contributed by atoms with E-state index < -0.39 is 2.49 Å². The maximum absolute atomic E-state index is 5.02. The molecule has 0 spiro atoms. The molecule has 0 aromatic carbocycles. The Kier molecular flexibility index (Phi) is 4.51. The third-order valence-corrected chi connectivity index (χ3v) is 0. The number of rotatable bonds is 0. The standard InChI is InChI=1S/Ca.Cl6Si/c;1-7(2,3,4,5)6/q+2;-2. The summed E-state index contributed by atoms with van der Waals surface area (Å²) >= 11 is 30.1. The van der Waals surface area contributed by atoms with Crippen LogP contribution in [-0.2, 0) is 0 Å². The van der Waals surface area contributed by atoms with E-state index in [0.717, 1.165) is 0 Å². The van der Waals surface area contributed by atoms with Crippen LogP contribution in [0.25, 0.3) is 0 Å². The molecule has 0 radical (unpaired) electrons. The molecule has 0 rings (SSSR count). The van der Waals surface area contributed by atoms with Crippen LogP contribution in [0.2, 0.25) is 0 Å². The average molecular weight is 281 g/mol. The largest absolute Gasteiger partial charge is 2.00 e. The Morgan fingerprint density at radius 2 is 0.625 bits per heavy atom. The van der Waals surface area contributed by atoms with Crippen LogP contribution in [0.4, 0.5) is 0 Å². The second-order valence-electron chi connectivity index (χ2n) is 1.07. The van der Waals surface area contributed by atoms with Gasteiger partial charge in [-0.1, -0.05) is 0 Å². The first-order valence-corrected chi connectivity index (χ1v) is 10.2. The van der Waals surface area contributed by atoms with Gasteiger partial charge in [0.1, 0.15) is 0 Å². The molecule has 0 heterocycles. The fraction of sp³-hybridized carbons (Fsp3) is 0. The van der Waals surface area contributed by atoms with Crippen LogP contribution in [-0.4, -0.2) is 40.2 Å². The topological polar surface area (TPSA) is 0 Å². The van der Waals surface area contributed by atoms with Gasteiger partial charge in [-0.3, -0.25) is 0 Å². The third kappa shape index (κ3) is 60.1. The van der Waals surface area contributed by atoms with E-state index in [2.05, 4.69) is 0 Å². The monoisotopic (exact) mass is 278 g/mol. The summed E-state index contributed by atoms with van der Waals surface area (Å²) in [6, 6.07) is 0. The Hall–Kier alpha value is 3.22. The fourth-order valence-electron chi connectivity index (χ4n) is 0. The van der Waals surface area contributed by atoms with Gasteiger partial charge in [0.2, 0.25) is 0 Å². The molecule has 0 aliphatic rings. The van der Waals surface area contributed by atoms with Crippen molar-refractivity contribution in [1.82, 2.24) is 0 Å². The number of hydrogen-bond acceptors (Lipinski definition) is 0. The molecule has 0 saturated heterocycles. The molecule has 8 heteroatoms. The molecular formula is CaCl6Si. The smallest absolute Gasteiger partial charge is 2.00 e. The molecule has 0 N–H and O–H groups in total. The number of hydrogen-bond donors (Lipinski definition) is 0. The van der Waals surface area contributed by atoms with Crippen molar-refractivity contribution in [1.29, 1.82) is 0 Å². The second-order valence-corrected chi connectivity index (χ2v) is 28.9. The summed E-state index contributed by atoms with van der Waals surface area (Å²) in [6.45, 7) is 0. The molecular weight excluding hydrogens is 281 g/mol. The van der Waals surface area contributed by atoms with Crippen LogP contribution in [0.3, 0.4) is 0 Å². The van der Waals surface area contributed by atoms with Gasteiger partial charge in [0.25, 0.3) is 0 Å². The predicted octanol–water partition coefficient (Wildman–Crippen LogP) is 3.38. The van der Waals surface area contributed by atoms with Crippen molar-refractivity contribution in [3.8, 4) is 0 Å². The minimum absolute atomic E-state index is 0. The van der Waals surface area contributed by atoms with Gasteiger partial charge < -0.3 is 0 Å². The van der Waals surface area contributed by atoms with Crippen LogP contribution in [0.15, 0.2) is 0 Å². The Morgan fingerprint density at radius 3 is 0.625 bits per heavy atom. The summed E-state index contributed by atoms with van der Waals surface area (Å²) in [5, 5.41) is 0. The summed E-state index contributed by atoms with van der Waals surface area (Å²) in [5.41, 5.74) is 0. The zero-order chi connectivity index (χ0) is 6.41. The summed E-state index contributed by atoms with van der Waals surface area (Å²) < 4.78 is -5.01. The van der Waals surface area contributed by atoms with Gasteiger partial charge in [-0.2, -0.15) is 0 Å². The van der Waals surface area contributed by atoms with E-state index in [9.17, 15) is 0 Å². The van der Waals surface area contributed by atoms with Gasteiger partial charge >= 0.3 is 107 Å². The minimum Gasteiger partial charge on any atom is 2.00 e. The summed E-state index contributed by atoms with van der Waals surface area (Å²) in [4.78, 5) is 0. The van der Waals surface area contributed by atoms with E-state index in [-0.39, 0.29) is 37.7 Å². The van der Waals surface area contributed by atoms with Crippen molar-refractivity contribution in [2.24, 2.45) is 0 Å². The molecule has 0 bridgehead atoms. The van der Waals surface area contributed by atoms with Crippen molar-refractivity contribution in [2.75, 3.05) is 0 Å². The van der Waals surface area contributed by atoms with Crippen molar-refractivity contribution in [2.45, 2.75) is 0 Å². The molecule has 0 unspecified atom stereocenters. The van der Waals surface area contributed by atoms with Crippen molar-refractivity contribution in [3.05, 3.63) is 0 Å². The summed E-state index contributed by atoms with van der Waals surface area (Å²) in [7, 11) is 0. The van der Waals surface area contributed by atoms with Crippen LogP contribution in [0.5, 0.6) is 0 Å². The molecule has 0 fully saturated rings. The van der Waals surface area contributed by atoms with E-state index in [0.29, 0.717) is 0 Å². The summed E-state index contributed by atoms with van der Waals surface area (Å²) in [5.74, 6) is 0. The van der Waals surface area contributed by atoms with Crippen LogP contribution in [0.1, 0.15) is 0 Å². The first-order valence-electron chi connectivity index (χ1n) is 1.13.